The Morgan fingerprint density at radius 1 is 1.40 bits per heavy atom. The summed E-state index contributed by atoms with van der Waals surface area (Å²) in [6.45, 7) is 2.10. The van der Waals surface area contributed by atoms with Crippen LogP contribution in [0, 0.1) is 11.3 Å². The van der Waals surface area contributed by atoms with E-state index in [4.69, 9.17) is 10.00 Å². The largest absolute Gasteiger partial charge is 0.494 e. The maximum absolute atomic E-state index is 10.6. The minimum atomic E-state index is 0.179. The van der Waals surface area contributed by atoms with E-state index < -0.39 is 0 Å². The van der Waals surface area contributed by atoms with Crippen LogP contribution < -0.4 is 4.74 Å². The van der Waals surface area contributed by atoms with Gasteiger partial charge in [-0.15, -0.1) is 0 Å². The fourth-order valence-electron chi connectivity index (χ4n) is 1.14. The minimum Gasteiger partial charge on any atom is -0.494 e. The predicted octanol–water partition coefficient (Wildman–Crippen LogP) is 2.31. The fourth-order valence-corrected chi connectivity index (χ4v) is 1.14. The topological polar surface area (TPSA) is 50.1 Å². The number of Topliss-reactive ketones (excluding diaryl/α,β-unsaturated/α-hetero) is 1. The van der Waals surface area contributed by atoms with Crippen molar-refractivity contribution in [2.24, 2.45) is 0 Å². The number of carbonyl (C=O) groups excluding carboxylic acids is 1. The number of ketones is 1. The van der Waals surface area contributed by atoms with Crippen LogP contribution >= 0.6 is 0 Å². The predicted molar refractivity (Wildman–Crippen MR) is 56.6 cm³/mol. The van der Waals surface area contributed by atoms with Gasteiger partial charge in [0.2, 0.25) is 0 Å². The Morgan fingerprint density at radius 2 is 2.07 bits per heavy atom. The van der Waals surface area contributed by atoms with E-state index in [-0.39, 0.29) is 5.78 Å². The molecule has 0 aliphatic rings. The molecular formula is C12H13NO2. The Bertz CT molecular complexity index is 362. The number of benzene rings is 1. The summed E-state index contributed by atoms with van der Waals surface area (Å²) >= 11 is 0. The molecule has 3 heteroatoms. The normalized spacial score (nSPS) is 9.33. The Kier molecular flexibility index (Phi) is 4.36. The van der Waals surface area contributed by atoms with Crippen LogP contribution in [0.15, 0.2) is 24.3 Å². The number of carbonyl (C=O) groups is 1. The third-order valence-electron chi connectivity index (χ3n) is 1.93. The Balaban J connectivity index is 2.32. The minimum absolute atomic E-state index is 0.179. The molecule has 0 unspecified atom stereocenters. The van der Waals surface area contributed by atoms with Crippen LogP contribution in [0.4, 0.5) is 0 Å². The highest BCUT2D eigenvalue weighted by Crippen LogP contribution is 2.11. The van der Waals surface area contributed by atoms with Crippen molar-refractivity contribution < 1.29 is 9.53 Å². The second-order valence-electron chi connectivity index (χ2n) is 3.29. The summed E-state index contributed by atoms with van der Waals surface area (Å²) in [6.07, 6.45) is 1.28. The van der Waals surface area contributed by atoms with Crippen molar-refractivity contribution in [1.29, 1.82) is 5.26 Å². The fraction of sp³-hybridized carbons (Fsp3) is 0.333. The molecule has 0 spiro atoms. The second-order valence-corrected chi connectivity index (χ2v) is 3.29. The van der Waals surface area contributed by atoms with Gasteiger partial charge >= 0.3 is 0 Å². The van der Waals surface area contributed by atoms with Gasteiger partial charge in [-0.1, -0.05) is 0 Å². The lowest BCUT2D eigenvalue weighted by Gasteiger charge is -2.04. The van der Waals surface area contributed by atoms with E-state index >= 15 is 0 Å². The first-order valence-corrected chi connectivity index (χ1v) is 4.85. The Morgan fingerprint density at radius 3 is 2.60 bits per heavy atom. The molecule has 1 aromatic rings. The summed E-state index contributed by atoms with van der Waals surface area (Å²) in [5.41, 5.74) is 0.617. The Labute approximate surface area is 89.3 Å². The third kappa shape index (κ3) is 4.28. The van der Waals surface area contributed by atoms with Gasteiger partial charge in [0.25, 0.3) is 0 Å². The molecule has 0 radical (unpaired) electrons. The van der Waals surface area contributed by atoms with Crippen LogP contribution in [0.1, 0.15) is 25.3 Å². The summed E-state index contributed by atoms with van der Waals surface area (Å²) in [5, 5.41) is 8.58. The number of hydrogen-bond donors (Lipinski definition) is 0. The van der Waals surface area contributed by atoms with Crippen molar-refractivity contribution in [3.8, 4) is 11.8 Å². The van der Waals surface area contributed by atoms with Crippen molar-refractivity contribution in [3.05, 3.63) is 29.8 Å². The quantitative estimate of drug-likeness (QED) is 0.690. The van der Waals surface area contributed by atoms with E-state index in [1.165, 1.54) is 0 Å². The van der Waals surface area contributed by atoms with Gasteiger partial charge in [-0.05, 0) is 37.6 Å². The van der Waals surface area contributed by atoms with Crippen molar-refractivity contribution in [3.63, 3.8) is 0 Å². The number of hydrogen-bond acceptors (Lipinski definition) is 3. The molecule has 78 valence electrons. The first-order chi connectivity index (χ1) is 7.22. The summed E-state index contributed by atoms with van der Waals surface area (Å²) in [7, 11) is 0. The first kappa shape index (κ1) is 11.3. The van der Waals surface area contributed by atoms with Gasteiger partial charge in [0.15, 0.2) is 0 Å². The van der Waals surface area contributed by atoms with E-state index in [9.17, 15) is 4.79 Å². The molecule has 1 rings (SSSR count). The molecule has 3 nitrogen and oxygen atoms in total. The lowest BCUT2D eigenvalue weighted by atomic mass is 10.2. The van der Waals surface area contributed by atoms with Gasteiger partial charge in [0, 0.05) is 6.42 Å². The van der Waals surface area contributed by atoms with E-state index in [1.54, 1.807) is 31.2 Å². The molecule has 1 aromatic carbocycles. The SMILES string of the molecule is CC(=O)CCCOc1ccc(C#N)cc1. The average Bonchev–Trinajstić information content (AvgIpc) is 2.25. The molecule has 0 aliphatic heterocycles. The summed E-state index contributed by atoms with van der Waals surface area (Å²) in [4.78, 5) is 10.6. The lowest BCUT2D eigenvalue weighted by Crippen LogP contribution is -2.00. The van der Waals surface area contributed by atoms with E-state index in [1.807, 2.05) is 6.07 Å². The van der Waals surface area contributed by atoms with Gasteiger partial charge in [-0.2, -0.15) is 5.26 Å². The Hall–Kier alpha value is -1.82. The zero-order chi connectivity index (χ0) is 11.1. The monoisotopic (exact) mass is 203 g/mol. The van der Waals surface area contributed by atoms with Crippen LogP contribution in [-0.4, -0.2) is 12.4 Å². The maximum Gasteiger partial charge on any atom is 0.129 e. The molecule has 0 bridgehead atoms. The number of nitrogens with zero attached hydrogens (tertiary/aromatic N) is 1. The zero-order valence-electron chi connectivity index (χ0n) is 8.69. The molecule has 0 saturated heterocycles. The molecule has 0 aliphatic carbocycles. The van der Waals surface area contributed by atoms with Crippen molar-refractivity contribution in [2.45, 2.75) is 19.8 Å². The molecule has 0 aromatic heterocycles. The molecule has 15 heavy (non-hydrogen) atoms. The molecule has 0 N–H and O–H groups in total. The van der Waals surface area contributed by atoms with Gasteiger partial charge in [-0.3, -0.25) is 0 Å². The summed E-state index contributed by atoms with van der Waals surface area (Å²) in [5.74, 6) is 0.913. The highest BCUT2D eigenvalue weighted by Gasteiger charge is 1.96. The second kappa shape index (κ2) is 5.82. The smallest absolute Gasteiger partial charge is 0.129 e. The number of ether oxygens (including phenoxy) is 1. The summed E-state index contributed by atoms with van der Waals surface area (Å²) < 4.78 is 5.39. The van der Waals surface area contributed by atoms with Gasteiger partial charge in [0.05, 0.1) is 18.2 Å². The van der Waals surface area contributed by atoms with Crippen LogP contribution in [-0.2, 0) is 4.79 Å². The molecule has 0 atom stereocenters. The van der Waals surface area contributed by atoms with Gasteiger partial charge in [-0.25, -0.2) is 0 Å². The van der Waals surface area contributed by atoms with E-state index in [2.05, 4.69) is 0 Å². The van der Waals surface area contributed by atoms with Crippen molar-refractivity contribution >= 4 is 5.78 Å². The van der Waals surface area contributed by atoms with E-state index in [0.717, 1.165) is 12.2 Å². The van der Waals surface area contributed by atoms with Crippen LogP contribution in [0.25, 0.3) is 0 Å². The standard InChI is InChI=1S/C12H13NO2/c1-10(14)3-2-8-15-12-6-4-11(9-13)5-7-12/h4-7H,2-3,8H2,1H3. The first-order valence-electron chi connectivity index (χ1n) is 4.85. The van der Waals surface area contributed by atoms with Gasteiger partial charge in [0.1, 0.15) is 11.5 Å². The van der Waals surface area contributed by atoms with Crippen LogP contribution in [0.5, 0.6) is 5.75 Å². The lowest BCUT2D eigenvalue weighted by molar-refractivity contribution is -0.117. The molecule has 0 fully saturated rings. The molecule has 0 heterocycles. The molecule has 0 amide bonds. The maximum atomic E-state index is 10.6. The average molecular weight is 203 g/mol. The number of nitriles is 1. The van der Waals surface area contributed by atoms with Gasteiger partial charge < -0.3 is 9.53 Å². The summed E-state index contributed by atoms with van der Waals surface area (Å²) in [6, 6.07) is 8.97. The van der Waals surface area contributed by atoms with Crippen molar-refractivity contribution in [1.82, 2.24) is 0 Å². The molecular weight excluding hydrogens is 190 g/mol. The van der Waals surface area contributed by atoms with Crippen LogP contribution in [0.2, 0.25) is 0 Å². The van der Waals surface area contributed by atoms with Crippen LogP contribution in [0.3, 0.4) is 0 Å². The molecule has 0 saturated carbocycles. The highest BCUT2D eigenvalue weighted by atomic mass is 16.5. The third-order valence-corrected chi connectivity index (χ3v) is 1.93. The highest BCUT2D eigenvalue weighted by molar-refractivity contribution is 5.75. The van der Waals surface area contributed by atoms with E-state index in [0.29, 0.717) is 18.6 Å². The van der Waals surface area contributed by atoms with Crippen molar-refractivity contribution in [2.75, 3.05) is 6.61 Å². The number of rotatable bonds is 5. The zero-order valence-corrected chi connectivity index (χ0v) is 8.69.